The number of hydrogen-bond acceptors (Lipinski definition) is 6. The molecule has 0 saturated carbocycles. The van der Waals surface area contributed by atoms with Crippen molar-refractivity contribution in [3.63, 3.8) is 0 Å². The Morgan fingerprint density at radius 2 is 1.96 bits per heavy atom. The fraction of sp³-hybridized carbons (Fsp3) is 0.353. The van der Waals surface area contributed by atoms with Gasteiger partial charge in [-0.05, 0) is 31.0 Å². The van der Waals surface area contributed by atoms with E-state index in [1.807, 2.05) is 17.0 Å². The first-order chi connectivity index (χ1) is 11.7. The average Bonchev–Trinajstić information content (AvgIpc) is 3.16. The number of methoxy groups -OCH3 is 2. The van der Waals surface area contributed by atoms with Crippen molar-refractivity contribution in [3.8, 4) is 11.5 Å². The van der Waals surface area contributed by atoms with Gasteiger partial charge in [0.2, 0.25) is 5.95 Å². The second kappa shape index (κ2) is 7.16. The summed E-state index contributed by atoms with van der Waals surface area (Å²) < 4.78 is 10.5. The van der Waals surface area contributed by atoms with Crippen LogP contribution in [-0.4, -0.2) is 48.1 Å². The van der Waals surface area contributed by atoms with Crippen molar-refractivity contribution in [2.45, 2.75) is 12.8 Å². The van der Waals surface area contributed by atoms with Gasteiger partial charge in [0.15, 0.2) is 0 Å². The molecule has 0 spiro atoms. The highest BCUT2D eigenvalue weighted by Gasteiger charge is 2.21. The molecule has 24 heavy (non-hydrogen) atoms. The van der Waals surface area contributed by atoms with E-state index in [0.29, 0.717) is 28.8 Å². The van der Waals surface area contributed by atoms with E-state index in [0.717, 1.165) is 25.9 Å². The maximum atomic E-state index is 12.4. The second-order valence-electron chi connectivity index (χ2n) is 5.46. The molecule has 7 nitrogen and oxygen atoms in total. The van der Waals surface area contributed by atoms with Gasteiger partial charge in [0.25, 0.3) is 5.91 Å². The zero-order valence-electron chi connectivity index (χ0n) is 13.8. The highest BCUT2D eigenvalue weighted by atomic mass is 16.5. The van der Waals surface area contributed by atoms with Gasteiger partial charge in [0.05, 0.1) is 19.9 Å². The molecule has 2 aromatic rings. The van der Waals surface area contributed by atoms with E-state index in [2.05, 4.69) is 15.3 Å². The smallest absolute Gasteiger partial charge is 0.272 e. The van der Waals surface area contributed by atoms with Gasteiger partial charge in [-0.15, -0.1) is 0 Å². The number of nitrogens with zero attached hydrogens (tertiary/aromatic N) is 3. The molecule has 0 atom stereocenters. The third kappa shape index (κ3) is 3.40. The van der Waals surface area contributed by atoms with Crippen LogP contribution >= 0.6 is 0 Å². The first-order valence-electron chi connectivity index (χ1n) is 7.82. The summed E-state index contributed by atoms with van der Waals surface area (Å²) in [6.45, 7) is 1.58. The van der Waals surface area contributed by atoms with E-state index in [-0.39, 0.29) is 5.91 Å². The molecular formula is C17H20N4O3. The summed E-state index contributed by atoms with van der Waals surface area (Å²) in [4.78, 5) is 22.8. The van der Waals surface area contributed by atoms with E-state index in [9.17, 15) is 4.79 Å². The van der Waals surface area contributed by atoms with Crippen LogP contribution < -0.4 is 14.8 Å². The highest BCUT2D eigenvalue weighted by molar-refractivity contribution is 5.92. The number of hydrogen-bond donors (Lipinski definition) is 1. The second-order valence-corrected chi connectivity index (χ2v) is 5.46. The molecule has 1 N–H and O–H groups in total. The highest BCUT2D eigenvalue weighted by Crippen LogP contribution is 2.30. The molecule has 1 aliphatic heterocycles. The molecule has 126 valence electrons. The summed E-state index contributed by atoms with van der Waals surface area (Å²) in [6.07, 6.45) is 3.67. The molecule has 0 aliphatic carbocycles. The average molecular weight is 328 g/mol. The number of amides is 1. The predicted molar refractivity (Wildman–Crippen MR) is 90.0 cm³/mol. The van der Waals surface area contributed by atoms with Gasteiger partial charge >= 0.3 is 0 Å². The Labute approximate surface area is 140 Å². The number of carbonyl (C=O) groups is 1. The van der Waals surface area contributed by atoms with E-state index in [1.165, 1.54) is 0 Å². The number of aromatic nitrogens is 2. The Morgan fingerprint density at radius 3 is 2.67 bits per heavy atom. The quantitative estimate of drug-likeness (QED) is 0.908. The Balaban J connectivity index is 1.81. The summed E-state index contributed by atoms with van der Waals surface area (Å²) >= 11 is 0. The van der Waals surface area contributed by atoms with Gasteiger partial charge in [0, 0.05) is 25.4 Å². The maximum Gasteiger partial charge on any atom is 0.272 e. The lowest BCUT2D eigenvalue weighted by atomic mass is 10.2. The molecule has 1 aromatic heterocycles. The molecule has 1 amide bonds. The molecule has 1 saturated heterocycles. The van der Waals surface area contributed by atoms with Gasteiger partial charge in [-0.2, -0.15) is 0 Å². The first-order valence-corrected chi connectivity index (χ1v) is 7.82. The molecule has 1 aromatic carbocycles. The van der Waals surface area contributed by atoms with E-state index in [1.54, 1.807) is 32.5 Å². The number of rotatable bonds is 5. The van der Waals surface area contributed by atoms with Crippen molar-refractivity contribution in [1.82, 2.24) is 14.9 Å². The van der Waals surface area contributed by atoms with Crippen LogP contribution in [0.4, 0.5) is 11.6 Å². The minimum Gasteiger partial charge on any atom is -0.497 e. The molecule has 0 bridgehead atoms. The van der Waals surface area contributed by atoms with Crippen molar-refractivity contribution < 1.29 is 14.3 Å². The van der Waals surface area contributed by atoms with Crippen LogP contribution in [0.25, 0.3) is 0 Å². The molecule has 7 heteroatoms. The minimum absolute atomic E-state index is 0.0559. The zero-order valence-corrected chi connectivity index (χ0v) is 13.8. The fourth-order valence-electron chi connectivity index (χ4n) is 2.64. The first kappa shape index (κ1) is 16.0. The van der Waals surface area contributed by atoms with Crippen LogP contribution in [0.2, 0.25) is 0 Å². The topological polar surface area (TPSA) is 76.6 Å². The fourth-order valence-corrected chi connectivity index (χ4v) is 2.64. The van der Waals surface area contributed by atoms with E-state index < -0.39 is 0 Å². The molecule has 1 aliphatic rings. The molecule has 2 heterocycles. The lowest BCUT2D eigenvalue weighted by Gasteiger charge is -2.15. The van der Waals surface area contributed by atoms with Crippen molar-refractivity contribution in [3.05, 3.63) is 36.2 Å². The SMILES string of the molecule is COc1ccc(Nc2nccc(C(=O)N3CCCC3)n2)c(OC)c1. The number of likely N-dealkylation sites (tertiary alicyclic amines) is 1. The largest absolute Gasteiger partial charge is 0.497 e. The molecule has 3 rings (SSSR count). The van der Waals surface area contributed by atoms with Crippen LogP contribution in [0.1, 0.15) is 23.3 Å². The van der Waals surface area contributed by atoms with Gasteiger partial charge in [-0.3, -0.25) is 4.79 Å². The third-order valence-electron chi connectivity index (χ3n) is 3.92. The minimum atomic E-state index is -0.0559. The van der Waals surface area contributed by atoms with E-state index in [4.69, 9.17) is 9.47 Å². The molecule has 0 radical (unpaired) electrons. The lowest BCUT2D eigenvalue weighted by Crippen LogP contribution is -2.28. The molecular weight excluding hydrogens is 308 g/mol. The van der Waals surface area contributed by atoms with Crippen molar-refractivity contribution in [2.24, 2.45) is 0 Å². The number of benzene rings is 1. The van der Waals surface area contributed by atoms with Crippen molar-refractivity contribution in [2.75, 3.05) is 32.6 Å². The number of anilines is 2. The predicted octanol–water partition coefficient (Wildman–Crippen LogP) is 2.47. The number of ether oxygens (including phenoxy) is 2. The Morgan fingerprint density at radius 1 is 1.17 bits per heavy atom. The zero-order chi connectivity index (χ0) is 16.9. The van der Waals surface area contributed by atoms with Crippen LogP contribution in [-0.2, 0) is 0 Å². The standard InChI is InChI=1S/C17H20N4O3/c1-23-12-5-6-13(15(11-12)24-2)19-17-18-8-7-14(20-17)16(22)21-9-3-4-10-21/h5-8,11H,3-4,9-10H2,1-2H3,(H,18,19,20). The van der Waals surface area contributed by atoms with Crippen molar-refractivity contribution in [1.29, 1.82) is 0 Å². The summed E-state index contributed by atoms with van der Waals surface area (Å²) in [5.41, 5.74) is 1.09. The van der Waals surface area contributed by atoms with Gasteiger partial charge < -0.3 is 19.7 Å². The van der Waals surface area contributed by atoms with Gasteiger partial charge in [-0.1, -0.05) is 0 Å². The monoisotopic (exact) mass is 328 g/mol. The summed E-state index contributed by atoms with van der Waals surface area (Å²) in [6, 6.07) is 7.03. The molecule has 0 unspecified atom stereocenters. The van der Waals surface area contributed by atoms with Crippen LogP contribution in [0.3, 0.4) is 0 Å². The number of carbonyl (C=O) groups excluding carboxylic acids is 1. The van der Waals surface area contributed by atoms with Gasteiger partial charge in [0.1, 0.15) is 17.2 Å². The Hall–Kier alpha value is -2.83. The third-order valence-corrected chi connectivity index (χ3v) is 3.92. The van der Waals surface area contributed by atoms with E-state index >= 15 is 0 Å². The maximum absolute atomic E-state index is 12.4. The van der Waals surface area contributed by atoms with Crippen LogP contribution in [0.15, 0.2) is 30.5 Å². The summed E-state index contributed by atoms with van der Waals surface area (Å²) in [7, 11) is 3.17. The Kier molecular flexibility index (Phi) is 4.79. The lowest BCUT2D eigenvalue weighted by molar-refractivity contribution is 0.0787. The Bertz CT molecular complexity index is 730. The summed E-state index contributed by atoms with van der Waals surface area (Å²) in [5, 5.41) is 3.09. The normalized spacial score (nSPS) is 13.7. The summed E-state index contributed by atoms with van der Waals surface area (Å²) in [5.74, 6) is 1.59. The van der Waals surface area contributed by atoms with Crippen LogP contribution in [0, 0.1) is 0 Å². The van der Waals surface area contributed by atoms with Crippen LogP contribution in [0.5, 0.6) is 11.5 Å². The molecule has 1 fully saturated rings. The van der Waals surface area contributed by atoms with Crippen molar-refractivity contribution >= 4 is 17.5 Å². The van der Waals surface area contributed by atoms with Gasteiger partial charge in [-0.25, -0.2) is 9.97 Å². The number of nitrogens with one attached hydrogen (secondary N) is 1.